The molecule has 3 fully saturated rings. The van der Waals surface area contributed by atoms with Gasteiger partial charge in [0, 0.05) is 12.6 Å². The molecule has 2 saturated heterocycles. The molecule has 134 valence electrons. The number of nitrogens with zero attached hydrogens (tertiary/aromatic N) is 2. The van der Waals surface area contributed by atoms with Crippen LogP contribution in [0, 0.1) is 5.92 Å². The summed E-state index contributed by atoms with van der Waals surface area (Å²) in [7, 11) is -4.84. The van der Waals surface area contributed by atoms with Crippen LogP contribution in [0.15, 0.2) is 0 Å². The van der Waals surface area contributed by atoms with Gasteiger partial charge in [-0.3, -0.25) is 25.0 Å². The average Bonchev–Trinajstić information content (AvgIpc) is 3.20. The Bertz CT molecular complexity index is 682. The minimum atomic E-state index is -4.84. The van der Waals surface area contributed by atoms with E-state index in [1.807, 2.05) is 0 Å². The molecule has 0 aromatic carbocycles. The first-order chi connectivity index (χ1) is 11.2. The summed E-state index contributed by atoms with van der Waals surface area (Å²) >= 11 is 0. The third-order valence-electron chi connectivity index (χ3n) is 4.29. The van der Waals surface area contributed by atoms with Gasteiger partial charge in [0.05, 0.1) is 12.0 Å². The molecule has 1 aliphatic carbocycles. The van der Waals surface area contributed by atoms with Crippen LogP contribution in [-0.2, 0) is 24.3 Å². The van der Waals surface area contributed by atoms with Crippen molar-refractivity contribution in [2.45, 2.75) is 37.4 Å². The van der Waals surface area contributed by atoms with Crippen molar-refractivity contribution in [2.24, 2.45) is 11.7 Å². The van der Waals surface area contributed by atoms with E-state index in [9.17, 15) is 22.8 Å². The van der Waals surface area contributed by atoms with Crippen LogP contribution in [-0.4, -0.2) is 65.4 Å². The Kier molecular flexibility index (Phi) is 4.11. The first-order valence-corrected chi connectivity index (χ1v) is 8.66. The molecule has 12 nitrogen and oxygen atoms in total. The standard InChI is InChI=1S/C11H17N5O7S/c12-7-3-6(7)9(17)13-14-10(18)8-2-1-5-4-15(8)11(19)16(5)23-24(20,21)22/h5-8H,1-4,12H2,(H,13,17)(H,14,18)(H,20,21,22)/t5?,6?,7?,8-/m0/s1. The Morgan fingerprint density at radius 3 is 2.46 bits per heavy atom. The lowest BCUT2D eigenvalue weighted by Crippen LogP contribution is -2.54. The summed E-state index contributed by atoms with van der Waals surface area (Å²) in [6, 6.07) is -2.51. The van der Waals surface area contributed by atoms with Crippen molar-refractivity contribution in [3.63, 3.8) is 0 Å². The van der Waals surface area contributed by atoms with Crippen LogP contribution >= 0.6 is 0 Å². The lowest BCUT2D eigenvalue weighted by molar-refractivity contribution is -0.132. The number of hydroxylamine groups is 2. The highest BCUT2D eigenvalue weighted by atomic mass is 32.3. The molecule has 3 unspecified atom stereocenters. The van der Waals surface area contributed by atoms with Gasteiger partial charge in [-0.25, -0.2) is 4.79 Å². The number of urea groups is 1. The fraction of sp³-hybridized carbons (Fsp3) is 0.727. The van der Waals surface area contributed by atoms with E-state index in [0.29, 0.717) is 17.9 Å². The van der Waals surface area contributed by atoms with Crippen molar-refractivity contribution in [3.8, 4) is 0 Å². The molecule has 13 heteroatoms. The first-order valence-electron chi connectivity index (χ1n) is 7.29. The third kappa shape index (κ3) is 3.28. The van der Waals surface area contributed by atoms with Gasteiger partial charge in [-0.15, -0.1) is 4.28 Å². The first kappa shape index (κ1) is 16.9. The number of hydrogen-bond acceptors (Lipinski definition) is 7. The summed E-state index contributed by atoms with van der Waals surface area (Å²) in [6.45, 7) is 0.0773. The number of carbonyl (C=O) groups excluding carboxylic acids is 3. The van der Waals surface area contributed by atoms with E-state index in [4.69, 9.17) is 10.3 Å². The third-order valence-corrected chi connectivity index (χ3v) is 4.63. The van der Waals surface area contributed by atoms with E-state index in [1.54, 1.807) is 0 Å². The molecule has 2 aliphatic heterocycles. The Balaban J connectivity index is 1.59. The monoisotopic (exact) mass is 363 g/mol. The summed E-state index contributed by atoms with van der Waals surface area (Å²) in [5.41, 5.74) is 10.0. The van der Waals surface area contributed by atoms with Crippen LogP contribution in [0.25, 0.3) is 0 Å². The van der Waals surface area contributed by atoms with Crippen LogP contribution in [0.4, 0.5) is 4.79 Å². The molecule has 5 N–H and O–H groups in total. The van der Waals surface area contributed by atoms with Gasteiger partial charge in [0.15, 0.2) is 0 Å². The number of hydrazine groups is 1. The predicted octanol–water partition coefficient (Wildman–Crippen LogP) is -2.52. The van der Waals surface area contributed by atoms with E-state index in [0.717, 1.165) is 4.90 Å². The van der Waals surface area contributed by atoms with Gasteiger partial charge in [0.25, 0.3) is 5.91 Å². The Labute approximate surface area is 137 Å². The van der Waals surface area contributed by atoms with Crippen LogP contribution in [0.1, 0.15) is 19.3 Å². The Hall–Kier alpha value is -1.96. The molecule has 4 amide bonds. The molecule has 2 heterocycles. The maximum absolute atomic E-state index is 12.2. The van der Waals surface area contributed by atoms with Crippen molar-refractivity contribution in [1.82, 2.24) is 20.8 Å². The zero-order valence-electron chi connectivity index (χ0n) is 12.4. The second-order valence-corrected chi connectivity index (χ2v) is 7.00. The van der Waals surface area contributed by atoms with Gasteiger partial charge in [-0.2, -0.15) is 13.5 Å². The Morgan fingerprint density at radius 2 is 1.88 bits per heavy atom. The number of piperidine rings is 1. The summed E-state index contributed by atoms with van der Waals surface area (Å²) in [5.74, 6) is -1.32. The summed E-state index contributed by atoms with van der Waals surface area (Å²) < 4.78 is 34.6. The highest BCUT2D eigenvalue weighted by molar-refractivity contribution is 7.80. The van der Waals surface area contributed by atoms with Gasteiger partial charge in [0.1, 0.15) is 6.04 Å². The second-order valence-electron chi connectivity index (χ2n) is 5.99. The van der Waals surface area contributed by atoms with E-state index in [-0.39, 0.29) is 24.9 Å². The van der Waals surface area contributed by atoms with Crippen molar-refractivity contribution in [3.05, 3.63) is 0 Å². The topological polar surface area (TPSA) is 171 Å². The summed E-state index contributed by atoms with van der Waals surface area (Å²) in [6.07, 6.45) is 1.11. The van der Waals surface area contributed by atoms with Gasteiger partial charge in [0.2, 0.25) is 5.91 Å². The maximum atomic E-state index is 12.2. The zero-order chi connectivity index (χ0) is 17.6. The van der Waals surface area contributed by atoms with E-state index >= 15 is 0 Å². The normalized spacial score (nSPS) is 31.8. The number of fused-ring (bicyclic) bond motifs is 2. The molecular formula is C11H17N5O7S. The van der Waals surface area contributed by atoms with Crippen molar-refractivity contribution < 1.29 is 31.6 Å². The van der Waals surface area contributed by atoms with Crippen LogP contribution in [0.3, 0.4) is 0 Å². The molecule has 0 spiro atoms. The quantitative estimate of drug-likeness (QED) is 0.313. The number of hydrogen-bond donors (Lipinski definition) is 4. The minimum Gasteiger partial charge on any atom is -0.327 e. The van der Waals surface area contributed by atoms with Gasteiger partial charge in [-0.1, -0.05) is 0 Å². The lowest BCUT2D eigenvalue weighted by Gasteiger charge is -2.29. The summed E-state index contributed by atoms with van der Waals surface area (Å²) in [4.78, 5) is 37.1. The van der Waals surface area contributed by atoms with E-state index in [2.05, 4.69) is 15.1 Å². The van der Waals surface area contributed by atoms with Crippen molar-refractivity contribution in [2.75, 3.05) is 6.54 Å². The Morgan fingerprint density at radius 1 is 1.25 bits per heavy atom. The van der Waals surface area contributed by atoms with Crippen LogP contribution < -0.4 is 16.6 Å². The predicted molar refractivity (Wildman–Crippen MR) is 75.8 cm³/mol. The van der Waals surface area contributed by atoms with Gasteiger partial charge >= 0.3 is 16.4 Å². The molecule has 2 bridgehead atoms. The summed E-state index contributed by atoms with van der Waals surface area (Å²) in [5, 5.41) is 0.546. The number of nitrogens with one attached hydrogen (secondary N) is 2. The zero-order valence-corrected chi connectivity index (χ0v) is 13.2. The largest absolute Gasteiger partial charge is 0.418 e. The minimum absolute atomic E-state index is 0.0773. The smallest absolute Gasteiger partial charge is 0.327 e. The average molecular weight is 363 g/mol. The van der Waals surface area contributed by atoms with Gasteiger partial charge in [-0.05, 0) is 19.3 Å². The number of rotatable bonds is 4. The van der Waals surface area contributed by atoms with Crippen LogP contribution in [0.2, 0.25) is 0 Å². The molecular weight excluding hydrogens is 346 g/mol. The van der Waals surface area contributed by atoms with E-state index < -0.39 is 40.3 Å². The maximum Gasteiger partial charge on any atom is 0.418 e. The highest BCUT2D eigenvalue weighted by Gasteiger charge is 2.49. The molecule has 0 aromatic rings. The van der Waals surface area contributed by atoms with E-state index in [1.165, 1.54) is 0 Å². The fourth-order valence-corrected chi connectivity index (χ4v) is 3.31. The molecule has 0 aromatic heterocycles. The molecule has 24 heavy (non-hydrogen) atoms. The van der Waals surface area contributed by atoms with Crippen molar-refractivity contribution >= 4 is 28.2 Å². The molecule has 4 atom stereocenters. The molecule has 3 aliphatic rings. The highest BCUT2D eigenvalue weighted by Crippen LogP contribution is 2.31. The van der Waals surface area contributed by atoms with Gasteiger partial charge < -0.3 is 10.6 Å². The molecule has 0 radical (unpaired) electrons. The van der Waals surface area contributed by atoms with Crippen LogP contribution in [0.5, 0.6) is 0 Å². The SMILES string of the molecule is NC1CC1C(=O)NNC(=O)[C@@H]1CCC2CN1C(=O)N2OS(=O)(=O)O. The number of nitrogens with two attached hydrogens (primary N) is 1. The lowest BCUT2D eigenvalue weighted by atomic mass is 10.0. The molecule has 3 rings (SSSR count). The second kappa shape index (κ2) is 5.84. The number of carbonyl (C=O) groups is 3. The van der Waals surface area contributed by atoms with Crippen molar-refractivity contribution in [1.29, 1.82) is 0 Å². The fourth-order valence-electron chi connectivity index (χ4n) is 2.92. The number of amides is 4. The molecule has 1 saturated carbocycles.